The Morgan fingerprint density at radius 2 is 1.03 bits per heavy atom. The van der Waals surface area contributed by atoms with Gasteiger partial charge in [-0.05, 0) is 88.0 Å². The van der Waals surface area contributed by atoms with E-state index in [1.807, 2.05) is 30.3 Å². The summed E-state index contributed by atoms with van der Waals surface area (Å²) in [5.74, 6) is 1.87. The highest BCUT2D eigenvalue weighted by Crippen LogP contribution is 2.49. The molecule has 0 saturated heterocycles. The molecular formula is C54H36N4O. The number of para-hydroxylation sites is 2. The van der Waals surface area contributed by atoms with Gasteiger partial charge in [0.2, 0.25) is 0 Å². The van der Waals surface area contributed by atoms with Crippen molar-refractivity contribution in [3.8, 4) is 62.1 Å². The second-order valence-electron chi connectivity index (χ2n) is 16.0. The molecule has 5 heteroatoms. The average Bonchev–Trinajstić information content (AvgIpc) is 3.91. The van der Waals surface area contributed by atoms with Crippen LogP contribution in [0.25, 0.3) is 106 Å². The summed E-state index contributed by atoms with van der Waals surface area (Å²) in [5.41, 5.74) is 15.2. The molecule has 0 atom stereocenters. The van der Waals surface area contributed by atoms with Crippen LogP contribution in [0.1, 0.15) is 25.0 Å². The van der Waals surface area contributed by atoms with E-state index in [2.05, 4.69) is 170 Å². The lowest BCUT2D eigenvalue weighted by molar-refractivity contribution is 0.660. The number of hydrogen-bond donors (Lipinski definition) is 0. The Labute approximate surface area is 340 Å². The summed E-state index contributed by atoms with van der Waals surface area (Å²) < 4.78 is 8.89. The van der Waals surface area contributed by atoms with Crippen LogP contribution in [-0.4, -0.2) is 19.5 Å². The van der Waals surface area contributed by atoms with E-state index >= 15 is 0 Å². The molecule has 1 aliphatic rings. The summed E-state index contributed by atoms with van der Waals surface area (Å²) in [4.78, 5) is 15.6. The molecule has 0 amide bonds. The molecule has 1 aliphatic carbocycles. The van der Waals surface area contributed by atoms with Gasteiger partial charge in [-0.25, -0.2) is 15.0 Å². The number of benzene rings is 8. The molecule has 8 aromatic carbocycles. The molecule has 3 heterocycles. The summed E-state index contributed by atoms with van der Waals surface area (Å²) in [6.07, 6.45) is 0. The van der Waals surface area contributed by atoms with Gasteiger partial charge in [0.25, 0.3) is 0 Å². The number of fused-ring (bicyclic) bond motifs is 9. The van der Waals surface area contributed by atoms with Crippen molar-refractivity contribution < 1.29 is 4.42 Å². The lowest BCUT2D eigenvalue weighted by Crippen LogP contribution is -2.15. The quantitative estimate of drug-likeness (QED) is 0.175. The number of nitrogens with zero attached hydrogens (tertiary/aromatic N) is 4. The third-order valence-electron chi connectivity index (χ3n) is 12.3. The van der Waals surface area contributed by atoms with Crippen molar-refractivity contribution in [2.75, 3.05) is 0 Å². The van der Waals surface area contributed by atoms with Crippen molar-refractivity contribution in [2.45, 2.75) is 19.3 Å². The fourth-order valence-electron chi connectivity index (χ4n) is 9.39. The lowest BCUT2D eigenvalue weighted by atomic mass is 9.82. The molecular weight excluding hydrogens is 721 g/mol. The normalized spacial score (nSPS) is 13.1. The molecule has 0 unspecified atom stereocenters. The van der Waals surface area contributed by atoms with Crippen LogP contribution in [0.15, 0.2) is 186 Å². The van der Waals surface area contributed by atoms with E-state index in [4.69, 9.17) is 19.4 Å². The van der Waals surface area contributed by atoms with Crippen LogP contribution < -0.4 is 0 Å². The maximum atomic E-state index is 6.54. The van der Waals surface area contributed by atoms with Crippen LogP contribution in [-0.2, 0) is 5.41 Å². The van der Waals surface area contributed by atoms with Crippen LogP contribution >= 0.6 is 0 Å². The minimum atomic E-state index is -0.150. The highest BCUT2D eigenvalue weighted by Gasteiger charge is 2.35. The van der Waals surface area contributed by atoms with Crippen molar-refractivity contribution in [1.82, 2.24) is 19.5 Å². The van der Waals surface area contributed by atoms with Gasteiger partial charge in [-0.3, -0.25) is 0 Å². The van der Waals surface area contributed by atoms with Crippen LogP contribution in [0.3, 0.4) is 0 Å². The molecule has 0 spiro atoms. The minimum absolute atomic E-state index is 0.150. The molecule has 278 valence electrons. The average molecular weight is 757 g/mol. The standard InChI is InChI=1S/C54H36N4O/c1-54(2)44-21-11-9-18-38(44)39-27-24-36(32-45(39)54)52-55-51(33-14-5-3-6-15-33)56-53(57-52)41-20-13-23-49-50(41)43-31-35(26-29-48(43)59-49)34-25-28-47-42(30-34)40-19-10-12-22-46(40)58(47)37-16-7-4-8-17-37/h3-32H,1-2H3. The van der Waals surface area contributed by atoms with Gasteiger partial charge in [0, 0.05) is 49.3 Å². The lowest BCUT2D eigenvalue weighted by Gasteiger charge is -2.21. The maximum absolute atomic E-state index is 6.54. The van der Waals surface area contributed by atoms with Crippen molar-refractivity contribution >= 4 is 43.7 Å². The molecule has 0 radical (unpaired) electrons. The molecule has 0 bridgehead atoms. The van der Waals surface area contributed by atoms with Crippen molar-refractivity contribution in [3.63, 3.8) is 0 Å². The molecule has 5 nitrogen and oxygen atoms in total. The Morgan fingerprint density at radius 1 is 0.407 bits per heavy atom. The fraction of sp³-hybridized carbons (Fsp3) is 0.0556. The van der Waals surface area contributed by atoms with E-state index < -0.39 is 0 Å². The van der Waals surface area contributed by atoms with E-state index in [0.29, 0.717) is 17.5 Å². The zero-order valence-electron chi connectivity index (χ0n) is 32.5. The first kappa shape index (κ1) is 33.5. The Hall–Kier alpha value is -7.63. The van der Waals surface area contributed by atoms with Crippen LogP contribution in [0.5, 0.6) is 0 Å². The smallest absolute Gasteiger partial charge is 0.164 e. The summed E-state index contributed by atoms with van der Waals surface area (Å²) >= 11 is 0. The van der Waals surface area contributed by atoms with Crippen molar-refractivity contribution in [3.05, 3.63) is 193 Å². The largest absolute Gasteiger partial charge is 0.456 e. The monoisotopic (exact) mass is 756 g/mol. The predicted molar refractivity (Wildman–Crippen MR) is 241 cm³/mol. The summed E-state index contributed by atoms with van der Waals surface area (Å²) in [6, 6.07) is 64.2. The van der Waals surface area contributed by atoms with Crippen molar-refractivity contribution in [2.24, 2.45) is 0 Å². The van der Waals surface area contributed by atoms with Gasteiger partial charge in [0.05, 0.1) is 11.0 Å². The van der Waals surface area contributed by atoms with Gasteiger partial charge in [-0.15, -0.1) is 0 Å². The topological polar surface area (TPSA) is 56.7 Å². The molecule has 0 fully saturated rings. The Bertz CT molecular complexity index is 3470. The van der Waals surface area contributed by atoms with Gasteiger partial charge in [0.1, 0.15) is 11.2 Å². The first-order chi connectivity index (χ1) is 29.0. The first-order valence-corrected chi connectivity index (χ1v) is 20.1. The molecule has 0 N–H and O–H groups in total. The highest BCUT2D eigenvalue weighted by atomic mass is 16.3. The van der Waals surface area contributed by atoms with Gasteiger partial charge < -0.3 is 8.98 Å². The maximum Gasteiger partial charge on any atom is 0.164 e. The van der Waals surface area contributed by atoms with Gasteiger partial charge in [0.15, 0.2) is 17.5 Å². The summed E-state index contributed by atoms with van der Waals surface area (Å²) in [7, 11) is 0. The molecule has 59 heavy (non-hydrogen) atoms. The van der Waals surface area contributed by atoms with Crippen molar-refractivity contribution in [1.29, 1.82) is 0 Å². The minimum Gasteiger partial charge on any atom is -0.456 e. The molecule has 3 aromatic heterocycles. The highest BCUT2D eigenvalue weighted by molar-refractivity contribution is 6.14. The zero-order valence-corrected chi connectivity index (χ0v) is 32.5. The molecule has 0 aliphatic heterocycles. The third-order valence-corrected chi connectivity index (χ3v) is 12.3. The third kappa shape index (κ3) is 5.14. The Balaban J connectivity index is 1.03. The van der Waals surface area contributed by atoms with Gasteiger partial charge in [-0.1, -0.05) is 141 Å². The number of rotatable bonds is 5. The molecule has 12 rings (SSSR count). The zero-order chi connectivity index (χ0) is 39.2. The predicted octanol–water partition coefficient (Wildman–Crippen LogP) is 13.8. The Kier molecular flexibility index (Phi) is 7.20. The number of aromatic nitrogens is 4. The fourth-order valence-corrected chi connectivity index (χ4v) is 9.39. The number of hydrogen-bond acceptors (Lipinski definition) is 4. The molecule has 11 aromatic rings. The number of furan rings is 1. The van der Waals surface area contributed by atoms with Crippen LogP contribution in [0.4, 0.5) is 0 Å². The Morgan fingerprint density at radius 3 is 1.88 bits per heavy atom. The van der Waals surface area contributed by atoms with E-state index in [9.17, 15) is 0 Å². The first-order valence-electron chi connectivity index (χ1n) is 20.1. The summed E-state index contributed by atoms with van der Waals surface area (Å²) in [6.45, 7) is 4.60. The summed E-state index contributed by atoms with van der Waals surface area (Å²) in [5, 5.41) is 4.43. The molecule has 0 saturated carbocycles. The van der Waals surface area contributed by atoms with Gasteiger partial charge in [-0.2, -0.15) is 0 Å². The second-order valence-corrected chi connectivity index (χ2v) is 16.0. The van der Waals surface area contributed by atoms with Gasteiger partial charge >= 0.3 is 0 Å². The van der Waals surface area contributed by atoms with Crippen LogP contribution in [0.2, 0.25) is 0 Å². The van der Waals surface area contributed by atoms with E-state index in [1.165, 1.54) is 44.1 Å². The van der Waals surface area contributed by atoms with E-state index in [0.717, 1.165) is 55.4 Å². The van der Waals surface area contributed by atoms with E-state index in [-0.39, 0.29) is 5.41 Å². The SMILES string of the molecule is CC1(C)c2ccccc2-c2ccc(-c3nc(-c4ccccc4)nc(-c4cccc5oc6ccc(-c7ccc8c(c7)c7ccccc7n8-c7ccccc7)cc6c45)n3)cc21. The van der Waals surface area contributed by atoms with E-state index in [1.54, 1.807) is 0 Å². The van der Waals surface area contributed by atoms with Crippen LogP contribution in [0, 0.1) is 0 Å². The second kappa shape index (κ2) is 12.7.